The molecule has 1 aromatic carbocycles. The van der Waals surface area contributed by atoms with E-state index in [9.17, 15) is 9.59 Å². The summed E-state index contributed by atoms with van der Waals surface area (Å²) in [5.41, 5.74) is 0.893. The first-order valence-corrected chi connectivity index (χ1v) is 8.52. The Labute approximate surface area is 153 Å². The van der Waals surface area contributed by atoms with Crippen LogP contribution in [0.3, 0.4) is 0 Å². The fraction of sp³-hybridized carbons (Fsp3) is 0.222. The van der Waals surface area contributed by atoms with Gasteiger partial charge in [-0.1, -0.05) is 35.0 Å². The molecule has 132 valence electrons. The average Bonchev–Trinajstić information content (AvgIpc) is 3.05. The Bertz CT molecular complexity index is 1010. The molecular weight excluding hydrogens is 356 g/mol. The predicted molar refractivity (Wildman–Crippen MR) is 94.8 cm³/mol. The molecule has 0 atom stereocenters. The van der Waals surface area contributed by atoms with E-state index in [0.29, 0.717) is 29.6 Å². The number of benzene rings is 1. The molecule has 3 heterocycles. The normalized spacial score (nSPS) is 14.3. The molecule has 3 aromatic rings. The van der Waals surface area contributed by atoms with E-state index in [1.54, 1.807) is 29.3 Å². The smallest absolute Gasteiger partial charge is 0.259 e. The maximum absolute atomic E-state index is 12.4. The fourth-order valence-electron chi connectivity index (χ4n) is 2.86. The molecule has 1 aliphatic heterocycles. The molecule has 1 N–H and O–H groups in total. The fourth-order valence-corrected chi connectivity index (χ4v) is 3.07. The van der Waals surface area contributed by atoms with Crippen molar-refractivity contribution < 1.29 is 9.32 Å². The Morgan fingerprint density at radius 3 is 2.85 bits per heavy atom. The van der Waals surface area contributed by atoms with Gasteiger partial charge in [0, 0.05) is 24.3 Å². The number of nitrogens with zero attached hydrogens (tertiary/aromatic N) is 3. The van der Waals surface area contributed by atoms with E-state index in [2.05, 4.69) is 15.1 Å². The zero-order valence-corrected chi connectivity index (χ0v) is 14.4. The van der Waals surface area contributed by atoms with Crippen molar-refractivity contribution in [2.45, 2.75) is 12.3 Å². The van der Waals surface area contributed by atoms with Gasteiger partial charge in [0.15, 0.2) is 0 Å². The minimum Gasteiger partial charge on any atom is -0.341 e. The van der Waals surface area contributed by atoms with Crippen LogP contribution in [0.25, 0.3) is 11.4 Å². The van der Waals surface area contributed by atoms with E-state index in [0.717, 1.165) is 5.56 Å². The van der Waals surface area contributed by atoms with Crippen LogP contribution in [-0.4, -0.2) is 39.0 Å². The molecular formula is C18H15ClN4O3. The Morgan fingerprint density at radius 1 is 1.27 bits per heavy atom. The van der Waals surface area contributed by atoms with Crippen molar-refractivity contribution in [1.82, 2.24) is 20.0 Å². The first kappa shape index (κ1) is 16.5. The van der Waals surface area contributed by atoms with Gasteiger partial charge in [0.1, 0.15) is 0 Å². The van der Waals surface area contributed by atoms with E-state index in [4.69, 9.17) is 16.1 Å². The molecule has 1 fully saturated rings. The zero-order chi connectivity index (χ0) is 18.1. The number of halogens is 1. The van der Waals surface area contributed by atoms with Gasteiger partial charge < -0.3 is 14.4 Å². The van der Waals surface area contributed by atoms with Gasteiger partial charge in [-0.05, 0) is 23.8 Å². The lowest BCUT2D eigenvalue weighted by atomic mass is 9.98. The Hall–Kier alpha value is -2.93. The maximum Gasteiger partial charge on any atom is 0.259 e. The van der Waals surface area contributed by atoms with Crippen molar-refractivity contribution in [2.75, 3.05) is 13.1 Å². The molecule has 4 rings (SSSR count). The summed E-state index contributed by atoms with van der Waals surface area (Å²) in [7, 11) is 0. The van der Waals surface area contributed by atoms with Crippen molar-refractivity contribution in [2.24, 2.45) is 0 Å². The number of pyridine rings is 1. The lowest BCUT2D eigenvalue weighted by molar-refractivity contribution is -0.135. The number of nitrogens with one attached hydrogen (secondary N) is 1. The topological polar surface area (TPSA) is 92.1 Å². The van der Waals surface area contributed by atoms with Gasteiger partial charge in [-0.15, -0.1) is 0 Å². The summed E-state index contributed by atoms with van der Waals surface area (Å²) >= 11 is 6.10. The molecule has 0 aliphatic carbocycles. The highest BCUT2D eigenvalue weighted by atomic mass is 35.5. The lowest BCUT2D eigenvalue weighted by Crippen LogP contribution is -2.49. The van der Waals surface area contributed by atoms with Gasteiger partial charge in [-0.2, -0.15) is 4.98 Å². The van der Waals surface area contributed by atoms with Crippen molar-refractivity contribution in [3.05, 3.63) is 69.4 Å². The van der Waals surface area contributed by atoms with Gasteiger partial charge in [-0.25, -0.2) is 0 Å². The van der Waals surface area contributed by atoms with Gasteiger partial charge in [-0.3, -0.25) is 9.59 Å². The van der Waals surface area contributed by atoms with Gasteiger partial charge in [0.2, 0.25) is 17.6 Å². The lowest BCUT2D eigenvalue weighted by Gasteiger charge is -2.37. The number of likely N-dealkylation sites (tertiary alicyclic amines) is 1. The average molecular weight is 371 g/mol. The van der Waals surface area contributed by atoms with E-state index in [1.165, 1.54) is 0 Å². The molecule has 7 nitrogen and oxygen atoms in total. The third-order valence-corrected chi connectivity index (χ3v) is 4.75. The van der Waals surface area contributed by atoms with E-state index in [-0.39, 0.29) is 29.6 Å². The highest BCUT2D eigenvalue weighted by Crippen LogP contribution is 2.28. The third kappa shape index (κ3) is 3.13. The van der Waals surface area contributed by atoms with Crippen LogP contribution in [0.1, 0.15) is 17.4 Å². The summed E-state index contributed by atoms with van der Waals surface area (Å²) in [4.78, 5) is 32.7. The minimum absolute atomic E-state index is 0.00796. The molecule has 0 radical (unpaired) electrons. The second-order valence-electron chi connectivity index (χ2n) is 6.13. The molecule has 1 saturated heterocycles. The molecule has 0 spiro atoms. The van der Waals surface area contributed by atoms with Crippen molar-refractivity contribution in [3.63, 3.8) is 0 Å². The van der Waals surface area contributed by atoms with E-state index < -0.39 is 0 Å². The van der Waals surface area contributed by atoms with Crippen molar-refractivity contribution >= 4 is 17.5 Å². The van der Waals surface area contributed by atoms with Crippen LogP contribution >= 0.6 is 11.6 Å². The summed E-state index contributed by atoms with van der Waals surface area (Å²) < 4.78 is 5.27. The van der Waals surface area contributed by atoms with Gasteiger partial charge in [0.05, 0.1) is 17.9 Å². The number of H-pyrrole nitrogens is 1. The molecule has 0 unspecified atom stereocenters. The molecule has 0 saturated carbocycles. The van der Waals surface area contributed by atoms with Crippen molar-refractivity contribution in [1.29, 1.82) is 0 Å². The molecule has 0 bridgehead atoms. The standard InChI is InChI=1S/C18H15ClN4O3/c19-14-6-2-1-4-11(14)8-15(24)23-9-12(10-23)18-21-16(22-26-18)13-5-3-7-20-17(13)25/h1-7,12H,8-10H2,(H,20,25). The molecule has 8 heteroatoms. The van der Waals surface area contributed by atoms with Crippen LogP contribution in [0.2, 0.25) is 5.02 Å². The molecule has 1 aliphatic rings. The molecule has 26 heavy (non-hydrogen) atoms. The van der Waals surface area contributed by atoms with Crippen LogP contribution in [0.15, 0.2) is 51.9 Å². The van der Waals surface area contributed by atoms with Crippen LogP contribution in [0.4, 0.5) is 0 Å². The van der Waals surface area contributed by atoms with Crippen molar-refractivity contribution in [3.8, 4) is 11.4 Å². The largest absolute Gasteiger partial charge is 0.341 e. The van der Waals surface area contributed by atoms with Crippen LogP contribution < -0.4 is 5.56 Å². The number of aromatic nitrogens is 3. The molecule has 2 aromatic heterocycles. The maximum atomic E-state index is 12.4. The van der Waals surface area contributed by atoms with Crippen LogP contribution in [0, 0.1) is 0 Å². The Balaban J connectivity index is 1.39. The van der Waals surface area contributed by atoms with Crippen LogP contribution in [0.5, 0.6) is 0 Å². The summed E-state index contributed by atoms with van der Waals surface area (Å²) in [5.74, 6) is 0.676. The number of hydrogen-bond acceptors (Lipinski definition) is 5. The zero-order valence-electron chi connectivity index (χ0n) is 13.7. The Kier molecular flexibility index (Phi) is 4.30. The first-order valence-electron chi connectivity index (χ1n) is 8.14. The van der Waals surface area contributed by atoms with Gasteiger partial charge in [0.25, 0.3) is 5.56 Å². The first-order chi connectivity index (χ1) is 12.6. The molecule has 1 amide bonds. The highest BCUT2D eigenvalue weighted by molar-refractivity contribution is 6.31. The second kappa shape index (κ2) is 6.76. The number of amides is 1. The number of carbonyl (C=O) groups excluding carboxylic acids is 1. The van der Waals surface area contributed by atoms with Crippen LogP contribution in [-0.2, 0) is 11.2 Å². The monoisotopic (exact) mass is 370 g/mol. The minimum atomic E-state index is -0.273. The SMILES string of the molecule is O=C(Cc1ccccc1Cl)N1CC(c2nc(-c3ccc[nH]c3=O)no2)C1. The third-order valence-electron chi connectivity index (χ3n) is 4.38. The quantitative estimate of drug-likeness (QED) is 0.760. The number of aromatic amines is 1. The summed E-state index contributed by atoms with van der Waals surface area (Å²) in [6.45, 7) is 1.02. The summed E-state index contributed by atoms with van der Waals surface area (Å²) in [6.07, 6.45) is 1.81. The number of rotatable bonds is 4. The highest BCUT2D eigenvalue weighted by Gasteiger charge is 2.35. The summed E-state index contributed by atoms with van der Waals surface area (Å²) in [5, 5.41) is 4.46. The number of hydrogen-bond donors (Lipinski definition) is 1. The van der Waals surface area contributed by atoms with Gasteiger partial charge >= 0.3 is 0 Å². The number of carbonyl (C=O) groups is 1. The second-order valence-corrected chi connectivity index (χ2v) is 6.54. The van der Waals surface area contributed by atoms with E-state index in [1.807, 2.05) is 18.2 Å². The van der Waals surface area contributed by atoms with E-state index >= 15 is 0 Å². The Morgan fingerprint density at radius 2 is 2.08 bits per heavy atom. The summed E-state index contributed by atoms with van der Waals surface area (Å²) in [6, 6.07) is 10.6. The predicted octanol–water partition coefficient (Wildman–Crippen LogP) is 2.25.